The fraction of sp³-hybridized carbons (Fsp3) is 0.188. The zero-order valence-corrected chi connectivity index (χ0v) is 11.6. The van der Waals surface area contributed by atoms with Crippen LogP contribution in [0.2, 0.25) is 0 Å². The lowest BCUT2D eigenvalue weighted by Gasteiger charge is -2.24. The predicted octanol–water partition coefficient (Wildman–Crippen LogP) is 3.93. The van der Waals surface area contributed by atoms with E-state index < -0.39 is 11.7 Å². The highest BCUT2D eigenvalue weighted by molar-refractivity contribution is 5.85. The number of rotatable bonds is 2. The van der Waals surface area contributed by atoms with E-state index in [0.717, 1.165) is 17.7 Å². The monoisotopic (exact) mass is 305 g/mol. The van der Waals surface area contributed by atoms with Gasteiger partial charge in [-0.3, -0.25) is 5.01 Å². The van der Waals surface area contributed by atoms with E-state index in [2.05, 4.69) is 5.10 Å². The molecule has 0 aromatic heterocycles. The van der Waals surface area contributed by atoms with Crippen LogP contribution in [0.15, 0.2) is 59.7 Å². The highest BCUT2D eigenvalue weighted by Gasteiger charge is 2.32. The van der Waals surface area contributed by atoms with Crippen LogP contribution in [0.1, 0.15) is 23.6 Å². The molecular weight excluding hydrogens is 291 g/mol. The van der Waals surface area contributed by atoms with E-state index in [1.807, 2.05) is 30.3 Å². The third kappa shape index (κ3) is 2.77. The molecule has 0 unspecified atom stereocenters. The van der Waals surface area contributed by atoms with Gasteiger partial charge in [-0.05, 0) is 29.8 Å². The van der Waals surface area contributed by atoms with Gasteiger partial charge in [-0.2, -0.15) is 18.3 Å². The summed E-state index contributed by atoms with van der Waals surface area (Å²) in [6.45, 7) is 0. The Balaban J connectivity index is 1.92. The lowest BCUT2D eigenvalue weighted by Crippen LogP contribution is -2.18. The maximum atomic E-state index is 12.6. The van der Waals surface area contributed by atoms with Gasteiger partial charge in [-0.1, -0.05) is 30.3 Å². The van der Waals surface area contributed by atoms with Crippen LogP contribution in [0.25, 0.3) is 0 Å². The molecule has 0 fully saturated rings. The van der Waals surface area contributed by atoms with Gasteiger partial charge in [0.25, 0.3) is 0 Å². The van der Waals surface area contributed by atoms with Crippen molar-refractivity contribution in [1.82, 2.24) is 0 Å². The normalized spacial score (nSPS) is 18.4. The number of hydrogen-bond donors (Lipinski definition) is 1. The quantitative estimate of drug-likeness (QED) is 0.913. The molecule has 0 amide bonds. The first-order valence-corrected chi connectivity index (χ1v) is 6.79. The fourth-order valence-corrected chi connectivity index (χ4v) is 2.51. The number of hydrazone groups is 1. The van der Waals surface area contributed by atoms with Gasteiger partial charge in [-0.25, -0.2) is 0 Å². The van der Waals surface area contributed by atoms with Gasteiger partial charge in [0.05, 0.1) is 17.3 Å². The van der Waals surface area contributed by atoms with Crippen LogP contribution in [0, 0.1) is 0 Å². The number of halogens is 3. The SMILES string of the molecule is NC1=NN(c2ccc(C(F)(F)F)cc2)[C@H](c2ccccc2)C1. The third-order valence-corrected chi connectivity index (χ3v) is 3.58. The molecule has 2 aromatic rings. The number of alkyl halides is 3. The highest BCUT2D eigenvalue weighted by Crippen LogP contribution is 2.36. The average Bonchev–Trinajstić information content (AvgIpc) is 2.89. The summed E-state index contributed by atoms with van der Waals surface area (Å²) in [7, 11) is 0. The van der Waals surface area contributed by atoms with Crippen molar-refractivity contribution in [2.24, 2.45) is 10.8 Å². The van der Waals surface area contributed by atoms with E-state index in [1.54, 1.807) is 5.01 Å². The fourth-order valence-electron chi connectivity index (χ4n) is 2.51. The van der Waals surface area contributed by atoms with Crippen LogP contribution in [-0.2, 0) is 6.18 Å². The van der Waals surface area contributed by atoms with Crippen molar-refractivity contribution in [1.29, 1.82) is 0 Å². The Morgan fingerprint density at radius 3 is 2.23 bits per heavy atom. The molecule has 1 heterocycles. The third-order valence-electron chi connectivity index (χ3n) is 3.58. The number of nitrogens with two attached hydrogens (primary N) is 1. The smallest absolute Gasteiger partial charge is 0.386 e. The summed E-state index contributed by atoms with van der Waals surface area (Å²) < 4.78 is 37.9. The first-order valence-electron chi connectivity index (χ1n) is 6.79. The Kier molecular flexibility index (Phi) is 3.52. The van der Waals surface area contributed by atoms with Crippen LogP contribution in [0.4, 0.5) is 18.9 Å². The lowest BCUT2D eigenvalue weighted by atomic mass is 10.0. The Morgan fingerprint density at radius 1 is 1.00 bits per heavy atom. The Labute approximate surface area is 125 Å². The van der Waals surface area contributed by atoms with Gasteiger partial charge < -0.3 is 5.73 Å². The van der Waals surface area contributed by atoms with E-state index in [-0.39, 0.29) is 6.04 Å². The van der Waals surface area contributed by atoms with Crippen LogP contribution >= 0.6 is 0 Å². The second-order valence-electron chi connectivity index (χ2n) is 5.11. The molecule has 0 bridgehead atoms. The predicted molar refractivity (Wildman–Crippen MR) is 79.3 cm³/mol. The van der Waals surface area contributed by atoms with E-state index in [4.69, 9.17) is 5.73 Å². The first kappa shape index (κ1) is 14.4. The minimum atomic E-state index is -4.34. The molecule has 1 aliphatic rings. The number of anilines is 1. The molecule has 0 saturated carbocycles. The van der Waals surface area contributed by atoms with E-state index >= 15 is 0 Å². The van der Waals surface area contributed by atoms with Gasteiger partial charge in [0.2, 0.25) is 0 Å². The van der Waals surface area contributed by atoms with Crippen LogP contribution < -0.4 is 10.7 Å². The minimum Gasteiger partial charge on any atom is -0.386 e. The van der Waals surface area contributed by atoms with Crippen molar-refractivity contribution in [2.45, 2.75) is 18.6 Å². The number of benzene rings is 2. The van der Waals surface area contributed by atoms with Crippen molar-refractivity contribution in [3.63, 3.8) is 0 Å². The average molecular weight is 305 g/mol. The molecule has 2 N–H and O–H groups in total. The van der Waals surface area contributed by atoms with E-state index in [0.29, 0.717) is 17.9 Å². The van der Waals surface area contributed by atoms with Gasteiger partial charge in [-0.15, -0.1) is 0 Å². The van der Waals surface area contributed by atoms with Crippen LogP contribution in [0.3, 0.4) is 0 Å². The van der Waals surface area contributed by atoms with Crippen molar-refractivity contribution < 1.29 is 13.2 Å². The van der Waals surface area contributed by atoms with Crippen molar-refractivity contribution in [3.05, 3.63) is 65.7 Å². The molecule has 22 heavy (non-hydrogen) atoms. The van der Waals surface area contributed by atoms with E-state index in [1.165, 1.54) is 12.1 Å². The summed E-state index contributed by atoms with van der Waals surface area (Å²) in [5.41, 5.74) is 6.75. The maximum Gasteiger partial charge on any atom is 0.416 e. The Bertz CT molecular complexity index is 678. The largest absolute Gasteiger partial charge is 0.416 e. The van der Waals surface area contributed by atoms with Gasteiger partial charge >= 0.3 is 6.18 Å². The van der Waals surface area contributed by atoms with Gasteiger partial charge in [0.15, 0.2) is 0 Å². The Morgan fingerprint density at radius 2 is 1.64 bits per heavy atom. The molecule has 3 nitrogen and oxygen atoms in total. The summed E-state index contributed by atoms with van der Waals surface area (Å²) in [6, 6.07) is 14.5. The van der Waals surface area contributed by atoms with Crippen LogP contribution in [0.5, 0.6) is 0 Å². The van der Waals surface area contributed by atoms with Crippen molar-refractivity contribution in [2.75, 3.05) is 5.01 Å². The molecule has 114 valence electrons. The molecule has 0 saturated heterocycles. The summed E-state index contributed by atoms with van der Waals surface area (Å²) in [6.07, 6.45) is -3.80. The number of nitrogens with zero attached hydrogens (tertiary/aromatic N) is 2. The van der Waals surface area contributed by atoms with Crippen LogP contribution in [-0.4, -0.2) is 5.84 Å². The first-order chi connectivity index (χ1) is 10.4. The molecule has 3 rings (SSSR count). The summed E-state index contributed by atoms with van der Waals surface area (Å²) in [5.74, 6) is 0.466. The summed E-state index contributed by atoms with van der Waals surface area (Å²) in [4.78, 5) is 0. The topological polar surface area (TPSA) is 41.6 Å². The molecule has 0 spiro atoms. The summed E-state index contributed by atoms with van der Waals surface area (Å²) in [5, 5.41) is 5.93. The minimum absolute atomic E-state index is 0.0991. The second kappa shape index (κ2) is 5.36. The van der Waals surface area contributed by atoms with Crippen molar-refractivity contribution in [3.8, 4) is 0 Å². The zero-order chi connectivity index (χ0) is 15.7. The molecule has 6 heteroatoms. The van der Waals surface area contributed by atoms with Crippen molar-refractivity contribution >= 4 is 11.5 Å². The molecule has 0 radical (unpaired) electrons. The summed E-state index contributed by atoms with van der Waals surface area (Å²) >= 11 is 0. The standard InChI is InChI=1S/C16H14F3N3/c17-16(18,19)12-6-8-13(9-7-12)22-14(10-15(20)21-22)11-4-2-1-3-5-11/h1-9,14H,10H2,(H2,20,21)/t14-/m0/s1. The molecule has 0 aliphatic carbocycles. The number of amidine groups is 1. The second-order valence-corrected chi connectivity index (χ2v) is 5.11. The Hall–Kier alpha value is -2.50. The molecule has 2 aromatic carbocycles. The number of hydrogen-bond acceptors (Lipinski definition) is 3. The van der Waals surface area contributed by atoms with Gasteiger partial charge in [0.1, 0.15) is 5.84 Å². The van der Waals surface area contributed by atoms with Gasteiger partial charge in [0, 0.05) is 6.42 Å². The maximum absolute atomic E-state index is 12.6. The molecule has 1 aliphatic heterocycles. The molecule has 1 atom stereocenters. The van der Waals surface area contributed by atoms with E-state index in [9.17, 15) is 13.2 Å². The zero-order valence-electron chi connectivity index (χ0n) is 11.6. The highest BCUT2D eigenvalue weighted by atomic mass is 19.4. The molecular formula is C16H14F3N3. The lowest BCUT2D eigenvalue weighted by molar-refractivity contribution is -0.137.